The van der Waals surface area contributed by atoms with Gasteiger partial charge in [-0.05, 0) is 36.1 Å². The first-order chi connectivity index (χ1) is 14.3. The van der Waals surface area contributed by atoms with E-state index in [9.17, 15) is 4.79 Å². The first-order valence-electron chi connectivity index (χ1n) is 9.99. The third-order valence-corrected chi connectivity index (χ3v) is 5.12. The number of hydrazone groups is 1. The Morgan fingerprint density at radius 3 is 2.50 bits per heavy atom. The van der Waals surface area contributed by atoms with Gasteiger partial charge in [0.25, 0.3) is 0 Å². The molecule has 0 unspecified atom stereocenters. The van der Waals surface area contributed by atoms with Crippen molar-refractivity contribution in [3.63, 3.8) is 0 Å². The van der Waals surface area contributed by atoms with E-state index in [1.807, 2.05) is 37.3 Å². The van der Waals surface area contributed by atoms with Crippen LogP contribution in [0.15, 0.2) is 53.6 Å². The second kappa shape index (κ2) is 9.03. The molecule has 0 radical (unpaired) electrons. The lowest BCUT2D eigenvalue weighted by Crippen LogP contribution is -2.16. The SMILES string of the molecule is COC(=O)NN=Cc1c(C)n(CCOc2ccc(C(C)(C)C)cc2)c2ccccc12. The summed E-state index contributed by atoms with van der Waals surface area (Å²) in [5, 5.41) is 5.07. The Balaban J connectivity index is 1.74. The van der Waals surface area contributed by atoms with Crippen molar-refractivity contribution in [3.8, 4) is 5.75 Å². The highest BCUT2D eigenvalue weighted by Gasteiger charge is 2.14. The summed E-state index contributed by atoms with van der Waals surface area (Å²) in [6.07, 6.45) is 1.05. The van der Waals surface area contributed by atoms with Gasteiger partial charge in [0.05, 0.1) is 19.9 Å². The fraction of sp³-hybridized carbons (Fsp3) is 0.333. The standard InChI is InChI=1S/C24H29N3O3/c1-17-21(16-25-26-23(28)29-5)20-8-6-7-9-22(20)27(17)14-15-30-19-12-10-18(11-13-19)24(2,3)4/h6-13,16H,14-15H2,1-5H3,(H,26,28). The number of para-hydroxylation sites is 1. The van der Waals surface area contributed by atoms with E-state index in [0.717, 1.165) is 27.9 Å². The number of nitrogens with one attached hydrogen (secondary N) is 1. The van der Waals surface area contributed by atoms with Gasteiger partial charge in [0, 0.05) is 22.2 Å². The van der Waals surface area contributed by atoms with E-state index in [2.05, 4.69) is 58.8 Å². The number of benzene rings is 2. The maximum atomic E-state index is 11.2. The van der Waals surface area contributed by atoms with Gasteiger partial charge in [-0.25, -0.2) is 10.2 Å². The molecule has 0 spiro atoms. The fourth-order valence-corrected chi connectivity index (χ4v) is 3.41. The number of nitrogens with zero attached hydrogens (tertiary/aromatic N) is 2. The molecular weight excluding hydrogens is 378 g/mol. The number of fused-ring (bicyclic) bond motifs is 1. The van der Waals surface area contributed by atoms with Crippen molar-refractivity contribution in [3.05, 3.63) is 65.4 Å². The molecule has 0 saturated carbocycles. The highest BCUT2D eigenvalue weighted by molar-refractivity contribution is 6.01. The third-order valence-electron chi connectivity index (χ3n) is 5.12. The maximum Gasteiger partial charge on any atom is 0.427 e. The van der Waals surface area contributed by atoms with Crippen molar-refractivity contribution in [2.75, 3.05) is 13.7 Å². The minimum absolute atomic E-state index is 0.125. The number of hydrogen-bond donors (Lipinski definition) is 1. The predicted octanol–water partition coefficient (Wildman–Crippen LogP) is 5.02. The zero-order valence-corrected chi connectivity index (χ0v) is 18.2. The average Bonchev–Trinajstić information content (AvgIpc) is 2.99. The number of carbonyl (C=O) groups excluding carboxylic acids is 1. The Labute approximate surface area is 177 Å². The molecule has 0 saturated heterocycles. The molecule has 3 rings (SSSR count). The lowest BCUT2D eigenvalue weighted by atomic mass is 9.87. The van der Waals surface area contributed by atoms with Gasteiger partial charge in [0.15, 0.2) is 0 Å². The largest absolute Gasteiger partial charge is 0.492 e. The number of aromatic nitrogens is 1. The Bertz CT molecular complexity index is 1040. The van der Waals surface area contributed by atoms with Gasteiger partial charge in [0.1, 0.15) is 12.4 Å². The summed E-state index contributed by atoms with van der Waals surface area (Å²) < 4.78 is 12.7. The molecule has 0 aliphatic carbocycles. The Kier molecular flexibility index (Phi) is 6.45. The molecule has 158 valence electrons. The lowest BCUT2D eigenvalue weighted by molar-refractivity contribution is 0.171. The molecule has 6 heteroatoms. The molecular formula is C24H29N3O3. The maximum absolute atomic E-state index is 11.2. The average molecular weight is 408 g/mol. The molecule has 1 amide bonds. The van der Waals surface area contributed by atoms with Crippen LogP contribution in [-0.4, -0.2) is 30.6 Å². The number of hydrogen-bond acceptors (Lipinski definition) is 4. The van der Waals surface area contributed by atoms with Crippen LogP contribution in [0, 0.1) is 6.92 Å². The van der Waals surface area contributed by atoms with E-state index in [1.54, 1.807) is 6.21 Å². The summed E-state index contributed by atoms with van der Waals surface area (Å²) in [4.78, 5) is 11.2. The molecule has 2 aromatic carbocycles. The van der Waals surface area contributed by atoms with Crippen molar-refractivity contribution >= 4 is 23.2 Å². The van der Waals surface area contributed by atoms with E-state index in [-0.39, 0.29) is 5.41 Å². The lowest BCUT2D eigenvalue weighted by Gasteiger charge is -2.19. The summed E-state index contributed by atoms with van der Waals surface area (Å²) in [6, 6.07) is 16.4. The molecule has 6 nitrogen and oxygen atoms in total. The number of rotatable bonds is 6. The molecule has 30 heavy (non-hydrogen) atoms. The van der Waals surface area contributed by atoms with Gasteiger partial charge in [-0.1, -0.05) is 51.1 Å². The molecule has 1 aromatic heterocycles. The predicted molar refractivity (Wildman–Crippen MR) is 120 cm³/mol. The van der Waals surface area contributed by atoms with Gasteiger partial charge in [0.2, 0.25) is 0 Å². The van der Waals surface area contributed by atoms with Gasteiger partial charge < -0.3 is 14.0 Å². The molecule has 0 bridgehead atoms. The van der Waals surface area contributed by atoms with Gasteiger partial charge in [-0.15, -0.1) is 0 Å². The van der Waals surface area contributed by atoms with E-state index < -0.39 is 6.09 Å². The van der Waals surface area contributed by atoms with Crippen molar-refractivity contribution < 1.29 is 14.3 Å². The highest BCUT2D eigenvalue weighted by atomic mass is 16.5. The molecule has 0 fully saturated rings. The fourth-order valence-electron chi connectivity index (χ4n) is 3.41. The van der Waals surface area contributed by atoms with Crippen molar-refractivity contribution in [1.29, 1.82) is 0 Å². The minimum Gasteiger partial charge on any atom is -0.492 e. The molecule has 3 aromatic rings. The second-order valence-electron chi connectivity index (χ2n) is 8.15. The normalized spacial score (nSPS) is 11.8. The number of carbonyl (C=O) groups is 1. The van der Waals surface area contributed by atoms with Crippen molar-refractivity contribution in [2.45, 2.75) is 39.7 Å². The van der Waals surface area contributed by atoms with Gasteiger partial charge in [-0.2, -0.15) is 5.10 Å². The van der Waals surface area contributed by atoms with Gasteiger partial charge >= 0.3 is 6.09 Å². The first-order valence-corrected chi connectivity index (χ1v) is 9.99. The van der Waals surface area contributed by atoms with Crippen LogP contribution in [0.3, 0.4) is 0 Å². The van der Waals surface area contributed by atoms with Crippen LogP contribution in [0.5, 0.6) is 5.75 Å². The van der Waals surface area contributed by atoms with Crippen LogP contribution in [0.4, 0.5) is 4.79 Å². The van der Waals surface area contributed by atoms with Crippen LogP contribution >= 0.6 is 0 Å². The first kappa shape index (κ1) is 21.4. The van der Waals surface area contributed by atoms with E-state index in [1.165, 1.54) is 12.7 Å². The smallest absolute Gasteiger partial charge is 0.427 e. The second-order valence-corrected chi connectivity index (χ2v) is 8.15. The summed E-state index contributed by atoms with van der Waals surface area (Å²) in [6.45, 7) is 9.88. The summed E-state index contributed by atoms with van der Waals surface area (Å²) in [7, 11) is 1.30. The van der Waals surface area contributed by atoms with Gasteiger partial charge in [-0.3, -0.25) is 0 Å². The van der Waals surface area contributed by atoms with Crippen LogP contribution in [0.25, 0.3) is 10.9 Å². The van der Waals surface area contributed by atoms with Crippen molar-refractivity contribution in [1.82, 2.24) is 9.99 Å². The molecule has 1 heterocycles. The summed E-state index contributed by atoms with van der Waals surface area (Å²) in [5.41, 5.74) is 6.85. The summed E-state index contributed by atoms with van der Waals surface area (Å²) >= 11 is 0. The Morgan fingerprint density at radius 1 is 1.13 bits per heavy atom. The number of ether oxygens (including phenoxy) is 2. The van der Waals surface area contributed by atoms with Crippen LogP contribution < -0.4 is 10.2 Å². The van der Waals surface area contributed by atoms with Crippen LogP contribution in [0.2, 0.25) is 0 Å². The van der Waals surface area contributed by atoms with Crippen LogP contribution in [0.1, 0.15) is 37.6 Å². The third kappa shape index (κ3) is 4.82. The number of amides is 1. The summed E-state index contributed by atoms with van der Waals surface area (Å²) in [5.74, 6) is 0.862. The topological polar surface area (TPSA) is 64.8 Å². The van der Waals surface area contributed by atoms with E-state index in [0.29, 0.717) is 13.2 Å². The van der Waals surface area contributed by atoms with Crippen LogP contribution in [-0.2, 0) is 16.7 Å². The zero-order chi connectivity index (χ0) is 21.7. The number of methoxy groups -OCH3 is 1. The van der Waals surface area contributed by atoms with Crippen molar-refractivity contribution in [2.24, 2.45) is 5.10 Å². The minimum atomic E-state index is -0.599. The Morgan fingerprint density at radius 2 is 1.83 bits per heavy atom. The van der Waals surface area contributed by atoms with E-state index >= 15 is 0 Å². The molecule has 0 atom stereocenters. The quantitative estimate of drug-likeness (QED) is 0.461. The monoisotopic (exact) mass is 407 g/mol. The Hall–Kier alpha value is -3.28. The molecule has 1 N–H and O–H groups in total. The molecule has 0 aliphatic rings. The zero-order valence-electron chi connectivity index (χ0n) is 18.2. The van der Waals surface area contributed by atoms with E-state index in [4.69, 9.17) is 4.74 Å². The molecule has 0 aliphatic heterocycles. The highest BCUT2D eigenvalue weighted by Crippen LogP contribution is 2.26.